The van der Waals surface area contributed by atoms with Crippen LogP contribution in [0.15, 0.2) is 32.5 Å². The topological polar surface area (TPSA) is 56.3 Å². The second kappa shape index (κ2) is 5.94. The number of allylic oxidation sites excluding steroid dienone is 4. The zero-order valence-electron chi connectivity index (χ0n) is 10.4. The van der Waals surface area contributed by atoms with Crippen LogP contribution in [-0.4, -0.2) is 0 Å². The van der Waals surface area contributed by atoms with Crippen molar-refractivity contribution in [3.63, 3.8) is 0 Å². The first-order valence-corrected chi connectivity index (χ1v) is 7.17. The van der Waals surface area contributed by atoms with E-state index in [4.69, 9.17) is 23.7 Å². The molecule has 0 saturated carbocycles. The minimum absolute atomic E-state index is 0.0113. The van der Waals surface area contributed by atoms with Gasteiger partial charge in [0, 0.05) is 8.95 Å². The second-order valence-corrected chi connectivity index (χ2v) is 5.80. The molecule has 0 unspecified atom stereocenters. The molecular weight excluding hydrogens is 396 g/mol. The van der Waals surface area contributed by atoms with Gasteiger partial charge in [-0.15, -0.1) is 0 Å². The van der Waals surface area contributed by atoms with Gasteiger partial charge in [-0.1, -0.05) is 0 Å². The average molecular weight is 400 g/mol. The third-order valence-electron chi connectivity index (χ3n) is 3.07. The van der Waals surface area contributed by atoms with Crippen LogP contribution in [0.25, 0.3) is 20.8 Å². The van der Waals surface area contributed by atoms with E-state index in [-0.39, 0.29) is 17.8 Å². The van der Waals surface area contributed by atoms with Gasteiger partial charge >= 0.3 is 0 Å². The summed E-state index contributed by atoms with van der Waals surface area (Å²) in [6.07, 6.45) is 0.245. The van der Waals surface area contributed by atoms with Gasteiger partial charge in [-0.05, 0) is 72.7 Å². The Kier molecular flexibility index (Phi) is 4.25. The lowest BCUT2D eigenvalue weighted by atomic mass is 10.1. The lowest BCUT2D eigenvalue weighted by Crippen LogP contribution is -1.85. The molecule has 0 spiro atoms. The zero-order chi connectivity index (χ0) is 15.6. The Hall–Kier alpha value is -2.38. The van der Waals surface area contributed by atoms with Crippen molar-refractivity contribution in [3.8, 4) is 12.1 Å². The summed E-state index contributed by atoms with van der Waals surface area (Å²) >= 11 is 6.78. The Bertz CT molecular complexity index is 775. The average Bonchev–Trinajstić information content (AvgIpc) is 2.82. The Morgan fingerprint density at radius 1 is 0.952 bits per heavy atom. The van der Waals surface area contributed by atoms with Crippen molar-refractivity contribution in [2.24, 2.45) is 0 Å². The Labute approximate surface area is 138 Å². The molecule has 0 bridgehead atoms. The highest BCUT2D eigenvalue weighted by molar-refractivity contribution is 9.13. The van der Waals surface area contributed by atoms with Gasteiger partial charge in [-0.25, -0.2) is 20.2 Å². The Morgan fingerprint density at radius 2 is 1.33 bits per heavy atom. The van der Waals surface area contributed by atoms with E-state index in [1.807, 2.05) is 12.1 Å². The summed E-state index contributed by atoms with van der Waals surface area (Å²) in [5.74, 6) is 0. The molecule has 21 heavy (non-hydrogen) atoms. The molecule has 0 aromatic heterocycles. The highest BCUT2D eigenvalue weighted by Gasteiger charge is 2.27. The van der Waals surface area contributed by atoms with Crippen molar-refractivity contribution >= 4 is 43.0 Å². The summed E-state index contributed by atoms with van der Waals surface area (Å²) in [4.78, 5) is 6.49. The summed E-state index contributed by atoms with van der Waals surface area (Å²) in [5.41, 5.74) is 2.52. The van der Waals surface area contributed by atoms with Gasteiger partial charge in [0.2, 0.25) is 0 Å². The third kappa shape index (κ3) is 2.48. The highest BCUT2D eigenvalue weighted by Crippen LogP contribution is 2.46. The molecule has 0 aliphatic heterocycles. The summed E-state index contributed by atoms with van der Waals surface area (Å²) in [6.45, 7) is 14.2. The largest absolute Gasteiger partial charge is 0.265 e. The first kappa shape index (κ1) is 15.0. The standard InChI is InChI=1S/C15H4Br2N4/c1-20-14(6-18)10-3-11(15(7-19)21-2)9-5-13(17)12(16)4-8(9)10/h4-5H,3H2. The van der Waals surface area contributed by atoms with E-state index in [0.717, 1.165) is 8.95 Å². The maximum Gasteiger partial charge on any atom is 0.265 e. The fourth-order valence-corrected chi connectivity index (χ4v) is 2.84. The molecule has 4 nitrogen and oxygen atoms in total. The summed E-state index contributed by atoms with van der Waals surface area (Å²) in [6, 6.07) is 7.35. The minimum Gasteiger partial charge on any atom is -0.226 e. The molecule has 1 aliphatic rings. The van der Waals surface area contributed by atoms with E-state index < -0.39 is 0 Å². The number of hydrogen-bond donors (Lipinski definition) is 0. The van der Waals surface area contributed by atoms with Gasteiger partial charge in [-0.3, -0.25) is 0 Å². The molecule has 1 aromatic rings. The number of hydrogen-bond acceptors (Lipinski definition) is 2. The molecule has 0 saturated heterocycles. The fourth-order valence-electron chi connectivity index (χ4n) is 2.16. The smallest absolute Gasteiger partial charge is 0.226 e. The normalized spacial score (nSPS) is 16.9. The van der Waals surface area contributed by atoms with Gasteiger partial charge in [0.15, 0.2) is 0 Å². The summed E-state index contributed by atoms with van der Waals surface area (Å²) in [5, 5.41) is 18.2. The molecule has 0 radical (unpaired) electrons. The van der Waals surface area contributed by atoms with Crippen LogP contribution in [0, 0.1) is 35.8 Å². The first-order chi connectivity index (χ1) is 10.1. The highest BCUT2D eigenvalue weighted by atomic mass is 79.9. The van der Waals surface area contributed by atoms with Crippen molar-refractivity contribution in [1.29, 1.82) is 10.5 Å². The first-order valence-electron chi connectivity index (χ1n) is 5.58. The van der Waals surface area contributed by atoms with Gasteiger partial charge in [0.05, 0.1) is 25.3 Å². The monoisotopic (exact) mass is 398 g/mol. The molecule has 0 N–H and O–H groups in total. The molecule has 1 aliphatic carbocycles. The maximum atomic E-state index is 9.09. The van der Waals surface area contributed by atoms with E-state index in [0.29, 0.717) is 22.3 Å². The molecule has 0 atom stereocenters. The van der Waals surface area contributed by atoms with Crippen LogP contribution in [0.1, 0.15) is 17.5 Å². The summed E-state index contributed by atoms with van der Waals surface area (Å²) in [7, 11) is 0. The number of nitrogens with zero attached hydrogens (tertiary/aromatic N) is 4. The Morgan fingerprint density at radius 3 is 1.62 bits per heavy atom. The SMILES string of the molecule is [C-]#[N+]C(C#N)=C1CC(=C(C#N)[N+]#[C-])c2cc(Br)c(Br)cc21. The fraction of sp³-hybridized carbons (Fsp3) is 0.0667. The number of fused-ring (bicyclic) bond motifs is 1. The Balaban J connectivity index is 2.91. The molecule has 0 fully saturated rings. The van der Waals surface area contributed by atoms with Crippen molar-refractivity contribution < 1.29 is 0 Å². The van der Waals surface area contributed by atoms with Crippen molar-refractivity contribution in [2.75, 3.05) is 0 Å². The van der Waals surface area contributed by atoms with Crippen LogP contribution >= 0.6 is 31.9 Å². The van der Waals surface area contributed by atoms with Crippen LogP contribution in [0.2, 0.25) is 0 Å². The lowest BCUT2D eigenvalue weighted by molar-refractivity contribution is 1.42. The van der Waals surface area contributed by atoms with Crippen molar-refractivity contribution in [1.82, 2.24) is 0 Å². The van der Waals surface area contributed by atoms with Crippen molar-refractivity contribution in [3.05, 3.63) is 66.4 Å². The van der Waals surface area contributed by atoms with Crippen LogP contribution in [0.4, 0.5) is 0 Å². The molecule has 0 amide bonds. The summed E-state index contributed by atoms with van der Waals surface area (Å²) < 4.78 is 1.56. The molecule has 2 rings (SSSR count). The predicted molar refractivity (Wildman–Crippen MR) is 84.7 cm³/mol. The second-order valence-electron chi connectivity index (χ2n) is 4.09. The lowest BCUT2D eigenvalue weighted by Gasteiger charge is -2.05. The number of rotatable bonds is 0. The third-order valence-corrected chi connectivity index (χ3v) is 4.92. The quantitative estimate of drug-likeness (QED) is 0.459. The van der Waals surface area contributed by atoms with E-state index in [9.17, 15) is 0 Å². The molecule has 6 heteroatoms. The van der Waals surface area contributed by atoms with Crippen LogP contribution in [0.3, 0.4) is 0 Å². The predicted octanol–water partition coefficient (Wildman–Crippen LogP) is 4.92. The van der Waals surface area contributed by atoms with Gasteiger partial charge in [-0.2, -0.15) is 0 Å². The van der Waals surface area contributed by atoms with Gasteiger partial charge < -0.3 is 0 Å². The van der Waals surface area contributed by atoms with Gasteiger partial charge in [0.1, 0.15) is 0 Å². The molecular formula is C15H4Br2N4. The number of nitriles is 2. The van der Waals surface area contributed by atoms with Crippen molar-refractivity contribution in [2.45, 2.75) is 6.42 Å². The minimum atomic E-state index is -0.0113. The number of halogens is 2. The van der Waals surface area contributed by atoms with E-state index in [1.165, 1.54) is 0 Å². The zero-order valence-corrected chi connectivity index (χ0v) is 13.6. The molecule has 98 valence electrons. The van der Waals surface area contributed by atoms with E-state index in [2.05, 4.69) is 41.5 Å². The van der Waals surface area contributed by atoms with Crippen LogP contribution in [0.5, 0.6) is 0 Å². The molecule has 1 aromatic carbocycles. The van der Waals surface area contributed by atoms with Gasteiger partial charge in [0.25, 0.3) is 11.4 Å². The van der Waals surface area contributed by atoms with Crippen LogP contribution in [-0.2, 0) is 0 Å². The molecule has 0 heterocycles. The van der Waals surface area contributed by atoms with E-state index >= 15 is 0 Å². The maximum absolute atomic E-state index is 9.09. The number of benzene rings is 1. The van der Waals surface area contributed by atoms with E-state index in [1.54, 1.807) is 12.1 Å². The van der Waals surface area contributed by atoms with Crippen LogP contribution < -0.4 is 0 Å².